The van der Waals surface area contributed by atoms with Crippen LogP contribution >= 0.6 is 11.8 Å². The fraction of sp³-hybridized carbons (Fsp3) is 0.294. The Morgan fingerprint density at radius 3 is 2.54 bits per heavy atom. The Morgan fingerprint density at radius 2 is 1.88 bits per heavy atom. The van der Waals surface area contributed by atoms with Gasteiger partial charge < -0.3 is 4.90 Å². The number of pyridine rings is 1. The van der Waals surface area contributed by atoms with Gasteiger partial charge in [-0.25, -0.2) is 17.8 Å². The van der Waals surface area contributed by atoms with Crippen LogP contribution in [0.3, 0.4) is 0 Å². The maximum Gasteiger partial charge on any atom is 0.243 e. The predicted molar refractivity (Wildman–Crippen MR) is 96.7 cm³/mol. The lowest BCUT2D eigenvalue weighted by Crippen LogP contribution is -2.50. The number of halogens is 1. The van der Waals surface area contributed by atoms with E-state index in [1.165, 1.54) is 34.3 Å². The van der Waals surface area contributed by atoms with Crippen molar-refractivity contribution in [1.82, 2.24) is 14.2 Å². The molecule has 138 valence electrons. The van der Waals surface area contributed by atoms with Crippen LogP contribution in [0, 0.1) is 5.82 Å². The van der Waals surface area contributed by atoms with Gasteiger partial charge in [0.2, 0.25) is 15.9 Å². The summed E-state index contributed by atoms with van der Waals surface area (Å²) in [4.78, 5) is 18.0. The number of piperazine rings is 1. The summed E-state index contributed by atoms with van der Waals surface area (Å²) in [6, 6.07) is 10.5. The van der Waals surface area contributed by atoms with Crippen LogP contribution in [0.1, 0.15) is 0 Å². The lowest BCUT2D eigenvalue weighted by atomic mass is 10.3. The molecule has 26 heavy (non-hydrogen) atoms. The highest BCUT2D eigenvalue weighted by Crippen LogP contribution is 2.20. The zero-order valence-corrected chi connectivity index (χ0v) is 15.5. The molecule has 0 aliphatic carbocycles. The lowest BCUT2D eigenvalue weighted by molar-refractivity contribution is -0.129. The van der Waals surface area contributed by atoms with Gasteiger partial charge in [0.1, 0.15) is 5.82 Å². The molecule has 1 amide bonds. The van der Waals surface area contributed by atoms with E-state index in [1.54, 1.807) is 11.1 Å². The number of nitrogens with zero attached hydrogens (tertiary/aromatic N) is 3. The molecule has 0 unspecified atom stereocenters. The lowest BCUT2D eigenvalue weighted by Gasteiger charge is -2.34. The van der Waals surface area contributed by atoms with Crippen molar-refractivity contribution in [2.24, 2.45) is 0 Å². The Hall–Kier alpha value is -1.97. The molecule has 0 N–H and O–H groups in total. The van der Waals surface area contributed by atoms with Gasteiger partial charge in [-0.3, -0.25) is 4.79 Å². The first-order valence-corrected chi connectivity index (χ1v) is 10.5. The summed E-state index contributed by atoms with van der Waals surface area (Å²) in [7, 11) is -3.75. The molecule has 1 fully saturated rings. The average Bonchev–Trinajstić information content (AvgIpc) is 2.67. The molecule has 1 aromatic carbocycles. The monoisotopic (exact) mass is 395 g/mol. The van der Waals surface area contributed by atoms with Crippen molar-refractivity contribution in [3.8, 4) is 0 Å². The van der Waals surface area contributed by atoms with E-state index >= 15 is 0 Å². The summed E-state index contributed by atoms with van der Waals surface area (Å²) in [6.07, 6.45) is 1.67. The number of aromatic nitrogens is 1. The molecule has 0 saturated carbocycles. The van der Waals surface area contributed by atoms with E-state index in [0.717, 1.165) is 11.1 Å². The van der Waals surface area contributed by atoms with Crippen molar-refractivity contribution in [2.45, 2.75) is 9.92 Å². The SMILES string of the molecule is O=C(CSc1ccccn1)N1CCN(S(=O)(=O)c2cccc(F)c2)CC1. The normalized spacial score (nSPS) is 15.8. The molecule has 6 nitrogen and oxygen atoms in total. The van der Waals surface area contributed by atoms with Crippen molar-refractivity contribution in [3.05, 3.63) is 54.5 Å². The molecule has 1 aliphatic heterocycles. The summed E-state index contributed by atoms with van der Waals surface area (Å²) in [5, 5.41) is 0.771. The quantitative estimate of drug-likeness (QED) is 0.723. The van der Waals surface area contributed by atoms with Gasteiger partial charge in [-0.05, 0) is 30.3 Å². The molecule has 9 heteroatoms. The second kappa shape index (κ2) is 8.15. The molecule has 1 saturated heterocycles. The largest absolute Gasteiger partial charge is 0.339 e. The fourth-order valence-electron chi connectivity index (χ4n) is 2.61. The van der Waals surface area contributed by atoms with Crippen LogP contribution in [-0.4, -0.2) is 60.4 Å². The summed E-state index contributed by atoms with van der Waals surface area (Å²) >= 11 is 1.35. The zero-order chi connectivity index (χ0) is 18.6. The summed E-state index contributed by atoms with van der Waals surface area (Å²) in [5.41, 5.74) is 0. The van der Waals surface area contributed by atoms with Crippen molar-refractivity contribution >= 4 is 27.7 Å². The number of carbonyl (C=O) groups excluding carboxylic acids is 1. The maximum absolute atomic E-state index is 13.3. The van der Waals surface area contributed by atoms with Gasteiger partial charge in [0.05, 0.1) is 15.7 Å². The molecule has 0 bridgehead atoms. The van der Waals surface area contributed by atoms with Crippen LogP contribution in [0.4, 0.5) is 4.39 Å². The molecule has 0 radical (unpaired) electrons. The highest BCUT2D eigenvalue weighted by atomic mass is 32.2. The van der Waals surface area contributed by atoms with Gasteiger partial charge in [-0.2, -0.15) is 4.31 Å². The molecule has 0 atom stereocenters. The van der Waals surface area contributed by atoms with Crippen molar-refractivity contribution in [3.63, 3.8) is 0 Å². The smallest absolute Gasteiger partial charge is 0.243 e. The van der Waals surface area contributed by atoms with Gasteiger partial charge in [-0.1, -0.05) is 23.9 Å². The summed E-state index contributed by atoms with van der Waals surface area (Å²) < 4.78 is 39.7. The highest BCUT2D eigenvalue weighted by Gasteiger charge is 2.30. The average molecular weight is 395 g/mol. The zero-order valence-electron chi connectivity index (χ0n) is 13.9. The minimum absolute atomic E-state index is 0.0524. The minimum Gasteiger partial charge on any atom is -0.339 e. The fourth-order valence-corrected chi connectivity index (χ4v) is 4.83. The number of hydrogen-bond acceptors (Lipinski definition) is 5. The number of carbonyl (C=O) groups is 1. The van der Waals surface area contributed by atoms with E-state index in [4.69, 9.17) is 0 Å². The van der Waals surface area contributed by atoms with Crippen molar-refractivity contribution in [1.29, 1.82) is 0 Å². The van der Waals surface area contributed by atoms with Crippen LogP contribution in [0.2, 0.25) is 0 Å². The number of thioether (sulfide) groups is 1. The third kappa shape index (κ3) is 4.40. The van der Waals surface area contributed by atoms with Crippen LogP contribution in [-0.2, 0) is 14.8 Å². The third-order valence-corrected chi connectivity index (χ3v) is 6.83. The number of benzene rings is 1. The molecule has 0 spiro atoms. The maximum atomic E-state index is 13.3. The number of hydrogen-bond donors (Lipinski definition) is 0. The third-order valence-electron chi connectivity index (χ3n) is 4.01. The number of sulfonamides is 1. The molecule has 1 aliphatic rings. The van der Waals surface area contributed by atoms with Crippen molar-refractivity contribution < 1.29 is 17.6 Å². The standard InChI is InChI=1S/C17H18FN3O3S2/c18-14-4-3-5-15(12-14)26(23,24)21-10-8-20(9-11-21)17(22)13-25-16-6-1-2-7-19-16/h1-7,12H,8-11,13H2. The summed E-state index contributed by atoms with van der Waals surface area (Å²) in [6.45, 7) is 1.02. The minimum atomic E-state index is -3.75. The Kier molecular flexibility index (Phi) is 5.90. The molecule has 2 heterocycles. The molecule has 3 rings (SSSR count). The van der Waals surface area contributed by atoms with Crippen molar-refractivity contribution in [2.75, 3.05) is 31.9 Å². The van der Waals surface area contributed by atoms with Crippen LogP contribution in [0.15, 0.2) is 58.6 Å². The number of rotatable bonds is 5. The van der Waals surface area contributed by atoms with E-state index in [2.05, 4.69) is 4.98 Å². The van der Waals surface area contributed by atoms with Gasteiger partial charge >= 0.3 is 0 Å². The van der Waals surface area contributed by atoms with E-state index < -0.39 is 15.8 Å². The Balaban J connectivity index is 1.56. The Bertz CT molecular complexity index is 870. The first kappa shape index (κ1) is 18.8. The van der Waals surface area contributed by atoms with E-state index in [-0.39, 0.29) is 29.6 Å². The molecule has 1 aromatic heterocycles. The van der Waals surface area contributed by atoms with E-state index in [0.29, 0.717) is 13.1 Å². The second-order valence-electron chi connectivity index (χ2n) is 5.70. The van der Waals surface area contributed by atoms with Crippen LogP contribution < -0.4 is 0 Å². The second-order valence-corrected chi connectivity index (χ2v) is 8.63. The van der Waals surface area contributed by atoms with E-state index in [9.17, 15) is 17.6 Å². The van der Waals surface area contributed by atoms with Gasteiger partial charge in [-0.15, -0.1) is 0 Å². The number of amides is 1. The summed E-state index contributed by atoms with van der Waals surface area (Å²) in [5.74, 6) is -0.386. The van der Waals surface area contributed by atoms with Gasteiger partial charge in [0.15, 0.2) is 0 Å². The Morgan fingerprint density at radius 1 is 1.12 bits per heavy atom. The Labute approximate surface area is 156 Å². The topological polar surface area (TPSA) is 70.6 Å². The van der Waals surface area contributed by atoms with Gasteiger partial charge in [0.25, 0.3) is 0 Å². The van der Waals surface area contributed by atoms with Crippen LogP contribution in [0.5, 0.6) is 0 Å². The molecular weight excluding hydrogens is 377 g/mol. The molecular formula is C17H18FN3O3S2. The van der Waals surface area contributed by atoms with E-state index in [1.807, 2.05) is 18.2 Å². The molecule has 2 aromatic rings. The van der Waals surface area contributed by atoms with Crippen LogP contribution in [0.25, 0.3) is 0 Å². The first-order chi connectivity index (χ1) is 12.5. The first-order valence-electron chi connectivity index (χ1n) is 8.04. The van der Waals surface area contributed by atoms with Gasteiger partial charge in [0, 0.05) is 32.4 Å². The highest BCUT2D eigenvalue weighted by molar-refractivity contribution is 7.99. The predicted octanol–water partition coefficient (Wildman–Crippen LogP) is 1.85.